The molecule has 5 N–H and O–H groups in total. The van der Waals surface area contributed by atoms with Crippen LogP contribution < -0.4 is 21.7 Å². The Morgan fingerprint density at radius 1 is 0.942 bits per heavy atom. The minimum Gasteiger partial charge on any atom is -0.363 e. The molecular formula is C37H60N6O7S2. The highest BCUT2D eigenvalue weighted by atomic mass is 32.2. The lowest BCUT2D eigenvalue weighted by molar-refractivity contribution is -0.144. The molecule has 4 rings (SSSR count). The number of nitrogens with one attached hydrogen (secondary N) is 3. The monoisotopic (exact) mass is 764 g/mol. The molecule has 15 heteroatoms. The topological polar surface area (TPSA) is 188 Å². The number of sulfonamides is 1. The summed E-state index contributed by atoms with van der Waals surface area (Å²) in [5, 5.41) is 10.4. The van der Waals surface area contributed by atoms with Crippen LogP contribution in [0.1, 0.15) is 100 Å². The van der Waals surface area contributed by atoms with Gasteiger partial charge in [0.15, 0.2) is 0 Å². The van der Waals surface area contributed by atoms with E-state index in [9.17, 15) is 32.4 Å². The molecule has 0 spiro atoms. The first-order valence-electron chi connectivity index (χ1n) is 18.7. The van der Waals surface area contributed by atoms with Crippen LogP contribution >= 0.6 is 11.3 Å². The average Bonchev–Trinajstić information content (AvgIpc) is 3.45. The molecule has 0 radical (unpaired) electrons. The maximum absolute atomic E-state index is 14.5. The van der Waals surface area contributed by atoms with E-state index in [1.807, 2.05) is 55.4 Å². The second kappa shape index (κ2) is 16.5. The maximum atomic E-state index is 14.5. The Morgan fingerprint density at radius 2 is 1.60 bits per heavy atom. The van der Waals surface area contributed by atoms with Crippen molar-refractivity contribution in [3.8, 4) is 0 Å². The number of rotatable bonds is 16. The number of amides is 5. The van der Waals surface area contributed by atoms with Gasteiger partial charge in [0, 0.05) is 25.7 Å². The molecule has 2 aliphatic carbocycles. The fraction of sp³-hybridized carbons (Fsp3) is 0.757. The minimum absolute atomic E-state index is 0.0198. The highest BCUT2D eigenvalue weighted by Gasteiger charge is 2.48. The van der Waals surface area contributed by atoms with Gasteiger partial charge >= 0.3 is 6.03 Å². The summed E-state index contributed by atoms with van der Waals surface area (Å²) in [7, 11) is -3.79. The molecule has 5 atom stereocenters. The van der Waals surface area contributed by atoms with Crippen molar-refractivity contribution in [1.29, 1.82) is 0 Å². The van der Waals surface area contributed by atoms with E-state index in [-0.39, 0.29) is 41.0 Å². The van der Waals surface area contributed by atoms with Gasteiger partial charge in [0.1, 0.15) is 16.3 Å². The molecular weight excluding hydrogens is 705 g/mol. The van der Waals surface area contributed by atoms with Crippen LogP contribution in [0.5, 0.6) is 0 Å². The third-order valence-corrected chi connectivity index (χ3v) is 14.1. The number of ketones is 1. The lowest BCUT2D eigenvalue weighted by Crippen LogP contribution is -2.62. The smallest absolute Gasteiger partial charge is 0.315 e. The SMILES string of the molecule is CC(C)C1CCN(C(=O)[C@@H](NC(=O)N[C@H](CN(CC2CC2)S(=O)(=O)c2cccs2)C(C)(C)C)C(C)(C)C)[C@@H]1C(=O)NC(CC1CCC1)C(=O)C(N)=O. The summed E-state index contributed by atoms with van der Waals surface area (Å²) in [6, 6.07) is -0.983. The van der Waals surface area contributed by atoms with Crippen LogP contribution in [-0.4, -0.2) is 91.0 Å². The Hall–Kier alpha value is -3.04. The van der Waals surface area contributed by atoms with E-state index in [1.54, 1.807) is 17.5 Å². The third kappa shape index (κ3) is 10.3. The van der Waals surface area contributed by atoms with Gasteiger partial charge in [-0.25, -0.2) is 13.2 Å². The molecule has 1 aromatic rings. The van der Waals surface area contributed by atoms with E-state index in [0.29, 0.717) is 19.4 Å². The van der Waals surface area contributed by atoms with Gasteiger partial charge in [-0.15, -0.1) is 11.3 Å². The van der Waals surface area contributed by atoms with E-state index in [4.69, 9.17) is 5.73 Å². The van der Waals surface area contributed by atoms with Crippen molar-refractivity contribution < 1.29 is 32.4 Å². The van der Waals surface area contributed by atoms with E-state index in [1.165, 1.54) is 9.21 Å². The van der Waals surface area contributed by atoms with Crippen LogP contribution in [-0.2, 0) is 29.2 Å². The molecule has 0 aromatic carbocycles. The van der Waals surface area contributed by atoms with Crippen molar-refractivity contribution in [1.82, 2.24) is 25.2 Å². The number of likely N-dealkylation sites (tertiary alicyclic amines) is 1. The van der Waals surface area contributed by atoms with Crippen LogP contribution in [0.2, 0.25) is 0 Å². The molecule has 0 bridgehead atoms. The Morgan fingerprint density at radius 3 is 2.08 bits per heavy atom. The highest BCUT2D eigenvalue weighted by molar-refractivity contribution is 7.91. The van der Waals surface area contributed by atoms with Crippen molar-refractivity contribution >= 4 is 50.9 Å². The first-order valence-corrected chi connectivity index (χ1v) is 21.0. The van der Waals surface area contributed by atoms with Crippen molar-refractivity contribution in [2.45, 2.75) is 129 Å². The number of Topliss-reactive ketones (excluding diaryl/α,β-unsaturated/α-hetero) is 1. The van der Waals surface area contributed by atoms with Crippen LogP contribution in [0.25, 0.3) is 0 Å². The van der Waals surface area contributed by atoms with Crippen molar-refractivity contribution in [2.24, 2.45) is 40.2 Å². The molecule has 1 saturated heterocycles. The first-order chi connectivity index (χ1) is 24.1. The summed E-state index contributed by atoms with van der Waals surface area (Å²) in [5.74, 6) is -2.64. The first kappa shape index (κ1) is 41.7. The lowest BCUT2D eigenvalue weighted by atomic mass is 9.80. The number of nitrogens with zero attached hydrogens (tertiary/aromatic N) is 2. The van der Waals surface area contributed by atoms with Crippen molar-refractivity contribution in [3.05, 3.63) is 17.5 Å². The van der Waals surface area contributed by atoms with Crippen molar-refractivity contribution in [2.75, 3.05) is 19.6 Å². The molecule has 292 valence electrons. The lowest BCUT2D eigenvalue weighted by Gasteiger charge is -2.39. The number of carbonyl (C=O) groups is 5. The Bertz CT molecular complexity index is 1560. The van der Waals surface area contributed by atoms with Gasteiger partial charge in [-0.2, -0.15) is 4.31 Å². The molecule has 3 fully saturated rings. The van der Waals surface area contributed by atoms with Gasteiger partial charge in [0.2, 0.25) is 17.6 Å². The Kier molecular flexibility index (Phi) is 13.3. The predicted molar refractivity (Wildman–Crippen MR) is 200 cm³/mol. The number of thiophene rings is 1. The fourth-order valence-electron chi connectivity index (χ4n) is 7.10. The predicted octanol–water partition coefficient (Wildman–Crippen LogP) is 3.88. The van der Waals surface area contributed by atoms with E-state index < -0.39 is 74.6 Å². The quantitative estimate of drug-likeness (QED) is 0.184. The molecule has 2 unspecified atom stereocenters. The highest BCUT2D eigenvalue weighted by Crippen LogP contribution is 2.36. The van der Waals surface area contributed by atoms with Gasteiger partial charge in [-0.05, 0) is 71.6 Å². The Labute approximate surface area is 313 Å². The normalized spacial score (nSPS) is 21.7. The van der Waals surface area contributed by atoms with Gasteiger partial charge in [-0.1, -0.05) is 80.7 Å². The van der Waals surface area contributed by atoms with Crippen LogP contribution in [0, 0.1) is 34.5 Å². The zero-order valence-electron chi connectivity index (χ0n) is 32.1. The van der Waals surface area contributed by atoms with Crippen LogP contribution in [0.4, 0.5) is 4.79 Å². The maximum Gasteiger partial charge on any atom is 0.315 e. The second-order valence-electron chi connectivity index (χ2n) is 17.5. The van der Waals surface area contributed by atoms with Crippen LogP contribution in [0.3, 0.4) is 0 Å². The largest absolute Gasteiger partial charge is 0.363 e. The van der Waals surface area contributed by atoms with E-state index in [0.717, 1.165) is 43.4 Å². The number of urea groups is 1. The third-order valence-electron chi connectivity index (χ3n) is 10.9. The summed E-state index contributed by atoms with van der Waals surface area (Å²) in [6.07, 6.45) is 5.60. The van der Waals surface area contributed by atoms with E-state index >= 15 is 0 Å². The molecule has 2 saturated carbocycles. The molecule has 13 nitrogen and oxygen atoms in total. The number of nitrogens with two attached hydrogens (primary N) is 1. The summed E-state index contributed by atoms with van der Waals surface area (Å²) in [5.41, 5.74) is 4.03. The summed E-state index contributed by atoms with van der Waals surface area (Å²) in [6.45, 7) is 15.9. The van der Waals surface area contributed by atoms with Gasteiger partial charge < -0.3 is 26.6 Å². The number of primary amides is 1. The van der Waals surface area contributed by atoms with Gasteiger partial charge in [-0.3, -0.25) is 19.2 Å². The van der Waals surface area contributed by atoms with Gasteiger partial charge in [0.05, 0.1) is 6.04 Å². The number of carbonyl (C=O) groups excluding carboxylic acids is 5. The molecule has 52 heavy (non-hydrogen) atoms. The second-order valence-corrected chi connectivity index (χ2v) is 20.6. The van der Waals surface area contributed by atoms with Crippen molar-refractivity contribution in [3.63, 3.8) is 0 Å². The molecule has 3 aliphatic rings. The summed E-state index contributed by atoms with van der Waals surface area (Å²) >= 11 is 1.16. The zero-order valence-corrected chi connectivity index (χ0v) is 33.7. The van der Waals surface area contributed by atoms with Gasteiger partial charge in [0.25, 0.3) is 15.9 Å². The summed E-state index contributed by atoms with van der Waals surface area (Å²) < 4.78 is 29.1. The van der Waals surface area contributed by atoms with Crippen LogP contribution in [0.15, 0.2) is 21.7 Å². The molecule has 2 heterocycles. The number of hydrogen-bond acceptors (Lipinski definition) is 8. The zero-order chi connectivity index (χ0) is 38.8. The average molecular weight is 765 g/mol. The fourth-order valence-corrected chi connectivity index (χ4v) is 9.78. The molecule has 5 amide bonds. The Balaban J connectivity index is 1.54. The molecule has 1 aliphatic heterocycles. The minimum atomic E-state index is -3.79. The standard InChI is InChI=1S/C37H60N6O7S2/c1-22(2)25-16-17-43(29(25)33(46)39-26(30(44)32(38)45)19-23-11-9-12-23)34(47)31(37(6,7)8)41-35(48)40-27(36(3,4)5)21-42(20-24-14-15-24)52(49,50)28-13-10-18-51-28/h10,13,18,22-27,29,31H,9,11-12,14-17,19-21H2,1-8H3,(H2,38,45)(H,39,46)(H2,40,41,48)/t25?,26?,27-,29+,31-/m1/s1. The molecule has 1 aromatic heterocycles. The summed E-state index contributed by atoms with van der Waals surface area (Å²) in [4.78, 5) is 68.6. The van der Waals surface area contributed by atoms with E-state index in [2.05, 4.69) is 16.0 Å². The number of hydrogen-bond donors (Lipinski definition) is 4.